The number of hydrogen-bond donors (Lipinski definition) is 0. The second-order valence-corrected chi connectivity index (χ2v) is 9.15. The number of carbonyl (C=O) groups excluding carboxylic acids is 2. The molecule has 0 radical (unpaired) electrons. The topological polar surface area (TPSA) is 63.2 Å². The Morgan fingerprint density at radius 2 is 1.54 bits per heavy atom. The number of pyridine rings is 1. The van der Waals surface area contributed by atoms with Crippen molar-refractivity contribution in [3.63, 3.8) is 0 Å². The highest BCUT2D eigenvalue weighted by Gasteiger charge is 2.23. The van der Waals surface area contributed by atoms with E-state index in [1.807, 2.05) is 42.5 Å². The van der Waals surface area contributed by atoms with Gasteiger partial charge in [-0.2, -0.15) is 0 Å². The minimum atomic E-state index is -0.191. The normalized spacial score (nSPS) is 10.9. The molecule has 0 aliphatic carbocycles. The van der Waals surface area contributed by atoms with Crippen LogP contribution in [0.5, 0.6) is 0 Å². The number of aryl methyl sites for hydroxylation is 1. The molecule has 0 N–H and O–H groups in total. The minimum absolute atomic E-state index is 0.0761. The largest absolute Gasteiger partial charge is 0.289 e. The number of carbonyl (C=O) groups is 2. The van der Waals surface area contributed by atoms with E-state index in [2.05, 4.69) is 24.0 Å². The molecule has 0 aliphatic rings. The van der Waals surface area contributed by atoms with E-state index < -0.39 is 0 Å². The van der Waals surface area contributed by atoms with Crippen molar-refractivity contribution in [2.75, 3.05) is 4.90 Å². The molecule has 0 unspecified atom stereocenters. The first-order valence-corrected chi connectivity index (χ1v) is 12.2. The number of nitrogens with zero attached hydrogens (tertiary/aromatic N) is 3. The van der Waals surface area contributed by atoms with E-state index in [1.165, 1.54) is 16.9 Å². The lowest BCUT2D eigenvalue weighted by atomic mass is 10.0. The predicted molar refractivity (Wildman–Crippen MR) is 140 cm³/mol. The Labute approximate surface area is 207 Å². The first-order chi connectivity index (χ1) is 17.1. The molecular weight excluding hydrogens is 454 g/mol. The minimum Gasteiger partial charge on any atom is -0.289 e. The molecule has 5 aromatic rings. The number of amides is 1. The number of rotatable bonds is 7. The quantitative estimate of drug-likeness (QED) is 0.257. The van der Waals surface area contributed by atoms with Gasteiger partial charge in [-0.15, -0.1) is 0 Å². The van der Waals surface area contributed by atoms with Crippen LogP contribution in [0.4, 0.5) is 5.13 Å². The van der Waals surface area contributed by atoms with Crippen LogP contribution in [-0.2, 0) is 13.0 Å². The Morgan fingerprint density at radius 1 is 0.829 bits per heavy atom. The second-order valence-electron chi connectivity index (χ2n) is 8.14. The van der Waals surface area contributed by atoms with Crippen LogP contribution in [0.1, 0.15) is 44.5 Å². The molecule has 0 spiro atoms. The summed E-state index contributed by atoms with van der Waals surface area (Å²) in [7, 11) is 0. The lowest BCUT2D eigenvalue weighted by molar-refractivity contribution is 0.0982. The van der Waals surface area contributed by atoms with Gasteiger partial charge >= 0.3 is 0 Å². The summed E-state index contributed by atoms with van der Waals surface area (Å²) in [6.07, 6.45) is 2.65. The molecule has 0 aliphatic heterocycles. The molecule has 35 heavy (non-hydrogen) atoms. The number of hydrogen-bond acceptors (Lipinski definition) is 5. The molecule has 0 fully saturated rings. The summed E-state index contributed by atoms with van der Waals surface area (Å²) in [5.41, 5.74) is 4.50. The van der Waals surface area contributed by atoms with Crippen LogP contribution in [0.2, 0.25) is 0 Å². The van der Waals surface area contributed by atoms with Crippen LogP contribution in [-0.4, -0.2) is 21.7 Å². The van der Waals surface area contributed by atoms with Gasteiger partial charge in [0, 0.05) is 22.9 Å². The maximum Gasteiger partial charge on any atom is 0.260 e. The first-order valence-electron chi connectivity index (χ1n) is 11.4. The number of anilines is 1. The number of aromatic nitrogens is 2. The van der Waals surface area contributed by atoms with Gasteiger partial charge < -0.3 is 0 Å². The van der Waals surface area contributed by atoms with Crippen LogP contribution >= 0.6 is 11.3 Å². The van der Waals surface area contributed by atoms with Crippen LogP contribution in [0.3, 0.4) is 0 Å². The van der Waals surface area contributed by atoms with Gasteiger partial charge in [0.1, 0.15) is 0 Å². The molecule has 0 saturated carbocycles. The molecule has 2 heterocycles. The molecule has 3 aromatic carbocycles. The molecule has 172 valence electrons. The van der Waals surface area contributed by atoms with Crippen molar-refractivity contribution in [3.8, 4) is 0 Å². The van der Waals surface area contributed by atoms with Crippen LogP contribution < -0.4 is 4.90 Å². The second kappa shape index (κ2) is 9.99. The lowest BCUT2D eigenvalue weighted by Gasteiger charge is -2.19. The van der Waals surface area contributed by atoms with Crippen molar-refractivity contribution in [2.24, 2.45) is 0 Å². The van der Waals surface area contributed by atoms with E-state index >= 15 is 0 Å². The maximum atomic E-state index is 13.7. The van der Waals surface area contributed by atoms with Gasteiger partial charge in [-0.3, -0.25) is 19.5 Å². The number of fused-ring (bicyclic) bond motifs is 1. The van der Waals surface area contributed by atoms with E-state index in [-0.39, 0.29) is 11.7 Å². The van der Waals surface area contributed by atoms with Crippen LogP contribution in [0, 0.1) is 0 Å². The highest BCUT2D eigenvalue weighted by molar-refractivity contribution is 7.22. The zero-order valence-corrected chi connectivity index (χ0v) is 20.0. The molecule has 0 atom stereocenters. The van der Waals surface area contributed by atoms with E-state index in [4.69, 9.17) is 4.98 Å². The first kappa shape index (κ1) is 22.6. The van der Waals surface area contributed by atoms with E-state index in [9.17, 15) is 9.59 Å². The summed E-state index contributed by atoms with van der Waals surface area (Å²) < 4.78 is 1.04. The van der Waals surface area contributed by atoms with Crippen molar-refractivity contribution in [1.29, 1.82) is 0 Å². The van der Waals surface area contributed by atoms with Gasteiger partial charge in [0.05, 0.1) is 22.5 Å². The zero-order chi connectivity index (χ0) is 24.2. The average Bonchev–Trinajstić information content (AvgIpc) is 3.35. The molecular formula is C29H23N3O2S. The summed E-state index contributed by atoms with van der Waals surface area (Å²) in [4.78, 5) is 37.3. The van der Waals surface area contributed by atoms with Gasteiger partial charge in [0.25, 0.3) is 5.91 Å². The third kappa shape index (κ3) is 4.88. The Kier molecular flexibility index (Phi) is 6.46. The van der Waals surface area contributed by atoms with Crippen molar-refractivity contribution in [1.82, 2.24) is 9.97 Å². The SMILES string of the molecule is CCc1ccc2nc(N(Cc3ccccn3)C(=O)c3ccc(C(=O)c4ccccc4)cc3)sc2c1. The van der Waals surface area contributed by atoms with Gasteiger partial charge in [-0.25, -0.2) is 4.98 Å². The lowest BCUT2D eigenvalue weighted by Crippen LogP contribution is -2.30. The molecule has 2 aromatic heterocycles. The molecule has 1 amide bonds. The van der Waals surface area contributed by atoms with Crippen molar-refractivity contribution >= 4 is 38.4 Å². The van der Waals surface area contributed by atoms with Crippen LogP contribution in [0.15, 0.2) is 97.2 Å². The average molecular weight is 478 g/mol. The highest BCUT2D eigenvalue weighted by Crippen LogP contribution is 2.31. The molecule has 6 heteroatoms. The summed E-state index contributed by atoms with van der Waals surface area (Å²) >= 11 is 1.49. The fourth-order valence-electron chi connectivity index (χ4n) is 3.85. The Balaban J connectivity index is 1.48. The number of thiazole rings is 1. The molecule has 0 saturated heterocycles. The van der Waals surface area contributed by atoms with E-state index in [0.29, 0.717) is 28.4 Å². The summed E-state index contributed by atoms with van der Waals surface area (Å²) in [6.45, 7) is 2.41. The maximum absolute atomic E-state index is 13.7. The van der Waals surface area contributed by atoms with Gasteiger partial charge in [0.2, 0.25) is 0 Å². The van der Waals surface area contributed by atoms with E-state index in [1.54, 1.807) is 47.5 Å². The number of ketones is 1. The van der Waals surface area contributed by atoms with Gasteiger partial charge in [-0.1, -0.05) is 72.9 Å². The Morgan fingerprint density at radius 3 is 2.26 bits per heavy atom. The third-order valence-corrected chi connectivity index (χ3v) is 6.84. The molecule has 0 bridgehead atoms. The summed E-state index contributed by atoms with van der Waals surface area (Å²) in [5.74, 6) is -0.267. The van der Waals surface area contributed by atoms with Gasteiger partial charge in [-0.05, 0) is 48.4 Å². The zero-order valence-electron chi connectivity index (χ0n) is 19.2. The molecule has 5 nitrogen and oxygen atoms in total. The van der Waals surface area contributed by atoms with Crippen molar-refractivity contribution in [3.05, 3.63) is 125 Å². The van der Waals surface area contributed by atoms with Crippen molar-refractivity contribution in [2.45, 2.75) is 19.9 Å². The molecule has 5 rings (SSSR count). The Bertz CT molecular complexity index is 1480. The monoisotopic (exact) mass is 477 g/mol. The standard InChI is InChI=1S/C29H23N3O2S/c1-2-20-11-16-25-26(18-20)35-29(31-25)32(19-24-10-6-7-17-30-24)28(34)23-14-12-22(13-15-23)27(33)21-8-4-3-5-9-21/h3-18H,2,19H2,1H3. The highest BCUT2D eigenvalue weighted by atomic mass is 32.1. The summed E-state index contributed by atoms with van der Waals surface area (Å²) in [6, 6.07) is 27.8. The Hall–Kier alpha value is -4.16. The third-order valence-electron chi connectivity index (χ3n) is 5.80. The van der Waals surface area contributed by atoms with Crippen LogP contribution in [0.25, 0.3) is 10.2 Å². The van der Waals surface area contributed by atoms with Crippen molar-refractivity contribution < 1.29 is 9.59 Å². The fourth-order valence-corrected chi connectivity index (χ4v) is 4.88. The number of benzene rings is 3. The smallest absolute Gasteiger partial charge is 0.260 e. The van der Waals surface area contributed by atoms with Gasteiger partial charge in [0.15, 0.2) is 10.9 Å². The fraction of sp³-hybridized carbons (Fsp3) is 0.103. The predicted octanol–water partition coefficient (Wildman–Crippen LogP) is 6.33. The van der Waals surface area contributed by atoms with E-state index in [0.717, 1.165) is 22.3 Å². The summed E-state index contributed by atoms with van der Waals surface area (Å²) in [5, 5.41) is 0.619.